The number of rotatable bonds is 4. The van der Waals surface area contributed by atoms with Gasteiger partial charge in [-0.2, -0.15) is 0 Å². The summed E-state index contributed by atoms with van der Waals surface area (Å²) in [6, 6.07) is 13.3. The summed E-state index contributed by atoms with van der Waals surface area (Å²) in [4.78, 5) is 24.6. The van der Waals surface area contributed by atoms with Crippen molar-refractivity contribution in [2.45, 2.75) is 6.54 Å². The predicted molar refractivity (Wildman–Crippen MR) is 87.3 cm³/mol. The molecule has 0 aliphatic rings. The first-order valence-corrected chi connectivity index (χ1v) is 7.09. The van der Waals surface area contributed by atoms with Crippen molar-refractivity contribution < 1.29 is 4.79 Å². The van der Waals surface area contributed by atoms with E-state index in [0.717, 1.165) is 11.1 Å². The topological polar surface area (TPSA) is 93.8 Å². The first kappa shape index (κ1) is 14.6. The summed E-state index contributed by atoms with van der Waals surface area (Å²) >= 11 is 0. The molecule has 0 unspecified atom stereocenters. The molecule has 0 saturated heterocycles. The molecule has 0 atom stereocenters. The van der Waals surface area contributed by atoms with Crippen LogP contribution in [0.2, 0.25) is 0 Å². The molecule has 2 heterocycles. The number of carbonyl (C=O) groups excluding carboxylic acids is 1. The van der Waals surface area contributed by atoms with E-state index in [2.05, 4.69) is 20.3 Å². The number of aromatic nitrogens is 3. The number of anilines is 1. The molecule has 114 valence electrons. The monoisotopic (exact) mass is 305 g/mol. The van der Waals surface area contributed by atoms with E-state index in [9.17, 15) is 4.79 Å². The van der Waals surface area contributed by atoms with E-state index in [1.807, 2.05) is 36.4 Å². The van der Waals surface area contributed by atoms with Crippen molar-refractivity contribution in [3.63, 3.8) is 0 Å². The summed E-state index contributed by atoms with van der Waals surface area (Å²) in [5, 5.41) is 2.80. The van der Waals surface area contributed by atoms with Gasteiger partial charge in [0.15, 0.2) is 5.82 Å². The van der Waals surface area contributed by atoms with Crippen LogP contribution < -0.4 is 11.1 Å². The van der Waals surface area contributed by atoms with Gasteiger partial charge in [-0.15, -0.1) is 0 Å². The summed E-state index contributed by atoms with van der Waals surface area (Å²) in [5.74, 6) is 0.281. The Morgan fingerprint density at radius 3 is 2.61 bits per heavy atom. The maximum absolute atomic E-state index is 12.2. The van der Waals surface area contributed by atoms with Crippen LogP contribution in [0.4, 0.5) is 5.82 Å². The lowest BCUT2D eigenvalue weighted by Crippen LogP contribution is -2.24. The lowest BCUT2D eigenvalue weighted by atomic mass is 10.2. The second kappa shape index (κ2) is 6.65. The normalized spacial score (nSPS) is 10.3. The maximum atomic E-state index is 12.2. The van der Waals surface area contributed by atoms with Crippen LogP contribution in [0.15, 0.2) is 61.1 Å². The van der Waals surface area contributed by atoms with E-state index in [1.54, 1.807) is 18.5 Å². The van der Waals surface area contributed by atoms with Crippen LogP contribution >= 0.6 is 0 Å². The summed E-state index contributed by atoms with van der Waals surface area (Å²) in [7, 11) is 0. The van der Waals surface area contributed by atoms with Gasteiger partial charge in [-0.3, -0.25) is 9.78 Å². The highest BCUT2D eigenvalue weighted by Gasteiger charge is 2.13. The highest BCUT2D eigenvalue weighted by atomic mass is 16.1. The summed E-state index contributed by atoms with van der Waals surface area (Å²) < 4.78 is 0. The van der Waals surface area contributed by atoms with Gasteiger partial charge in [0.25, 0.3) is 5.91 Å². The molecule has 3 rings (SSSR count). The van der Waals surface area contributed by atoms with Gasteiger partial charge in [0.2, 0.25) is 0 Å². The highest BCUT2D eigenvalue weighted by molar-refractivity contribution is 5.98. The number of carbonyl (C=O) groups is 1. The van der Waals surface area contributed by atoms with Crippen molar-refractivity contribution >= 4 is 11.7 Å². The van der Waals surface area contributed by atoms with Crippen LogP contribution in [0.25, 0.3) is 11.4 Å². The minimum Gasteiger partial charge on any atom is -0.383 e. The van der Waals surface area contributed by atoms with Crippen LogP contribution in [-0.4, -0.2) is 20.9 Å². The summed E-state index contributed by atoms with van der Waals surface area (Å²) in [6.45, 7) is 0.420. The number of amides is 1. The Labute approximate surface area is 133 Å². The van der Waals surface area contributed by atoms with Crippen molar-refractivity contribution in [1.29, 1.82) is 0 Å². The van der Waals surface area contributed by atoms with Crippen LogP contribution in [-0.2, 0) is 6.54 Å². The number of nitrogens with two attached hydrogens (primary N) is 1. The average molecular weight is 305 g/mol. The lowest BCUT2D eigenvalue weighted by molar-refractivity contribution is 0.0951. The largest absolute Gasteiger partial charge is 0.383 e. The lowest BCUT2D eigenvalue weighted by Gasteiger charge is -2.08. The van der Waals surface area contributed by atoms with E-state index in [-0.39, 0.29) is 17.3 Å². The van der Waals surface area contributed by atoms with Crippen LogP contribution in [0.1, 0.15) is 15.9 Å². The molecule has 6 heteroatoms. The van der Waals surface area contributed by atoms with Gasteiger partial charge < -0.3 is 11.1 Å². The number of benzene rings is 1. The molecule has 6 nitrogen and oxygen atoms in total. The standard InChI is InChI=1S/C17H15N5O/c18-15-14(17(23)21-9-12-5-2-1-3-6-12)11-20-16(22-15)13-7-4-8-19-10-13/h1-8,10-11H,9H2,(H,21,23)(H2,18,20,22). The van der Waals surface area contributed by atoms with Gasteiger partial charge in [-0.05, 0) is 17.7 Å². The number of pyridine rings is 1. The number of nitrogen functional groups attached to an aromatic ring is 1. The molecular weight excluding hydrogens is 290 g/mol. The Bertz CT molecular complexity index is 806. The minimum atomic E-state index is -0.302. The Morgan fingerprint density at radius 2 is 1.91 bits per heavy atom. The molecule has 0 aliphatic heterocycles. The van der Waals surface area contributed by atoms with Gasteiger partial charge in [0.1, 0.15) is 5.82 Å². The third-order valence-electron chi connectivity index (χ3n) is 3.28. The molecule has 3 N–H and O–H groups in total. The number of nitrogens with one attached hydrogen (secondary N) is 1. The Balaban J connectivity index is 1.74. The molecule has 0 saturated carbocycles. The van der Waals surface area contributed by atoms with Crippen LogP contribution in [0.5, 0.6) is 0 Å². The molecule has 1 amide bonds. The van der Waals surface area contributed by atoms with Crippen molar-refractivity contribution in [3.8, 4) is 11.4 Å². The average Bonchev–Trinajstić information content (AvgIpc) is 2.61. The van der Waals surface area contributed by atoms with E-state index >= 15 is 0 Å². The van der Waals surface area contributed by atoms with E-state index < -0.39 is 0 Å². The third-order valence-corrected chi connectivity index (χ3v) is 3.28. The fourth-order valence-corrected chi connectivity index (χ4v) is 2.08. The second-order valence-electron chi connectivity index (χ2n) is 4.90. The van der Waals surface area contributed by atoms with E-state index in [4.69, 9.17) is 5.73 Å². The Kier molecular flexibility index (Phi) is 4.24. The van der Waals surface area contributed by atoms with Crippen molar-refractivity contribution in [3.05, 3.63) is 72.2 Å². The first-order valence-electron chi connectivity index (χ1n) is 7.09. The molecule has 3 aromatic rings. The molecule has 0 fully saturated rings. The summed E-state index contributed by atoms with van der Waals surface area (Å²) in [6.07, 6.45) is 4.74. The van der Waals surface area contributed by atoms with Gasteiger partial charge in [0, 0.05) is 30.7 Å². The van der Waals surface area contributed by atoms with Gasteiger partial charge >= 0.3 is 0 Å². The maximum Gasteiger partial charge on any atom is 0.256 e. The quantitative estimate of drug-likeness (QED) is 0.769. The smallest absolute Gasteiger partial charge is 0.256 e. The Morgan fingerprint density at radius 1 is 1.09 bits per heavy atom. The predicted octanol–water partition coefficient (Wildman–Crippen LogP) is 2.05. The molecule has 1 aromatic carbocycles. The second-order valence-corrected chi connectivity index (χ2v) is 4.90. The zero-order chi connectivity index (χ0) is 16.1. The molecule has 0 bridgehead atoms. The first-order chi connectivity index (χ1) is 11.2. The number of hydrogen-bond acceptors (Lipinski definition) is 5. The van der Waals surface area contributed by atoms with Crippen molar-refractivity contribution in [1.82, 2.24) is 20.3 Å². The fraction of sp³-hybridized carbons (Fsp3) is 0.0588. The fourth-order valence-electron chi connectivity index (χ4n) is 2.08. The van der Waals surface area contributed by atoms with Crippen molar-refractivity contribution in [2.75, 3.05) is 5.73 Å². The SMILES string of the molecule is Nc1nc(-c2cccnc2)ncc1C(=O)NCc1ccccc1. The summed E-state index contributed by atoms with van der Waals surface area (Å²) in [5.41, 5.74) is 7.91. The zero-order valence-corrected chi connectivity index (χ0v) is 12.3. The molecule has 0 radical (unpaired) electrons. The number of hydrogen-bond donors (Lipinski definition) is 2. The van der Waals surface area contributed by atoms with E-state index in [1.165, 1.54) is 6.20 Å². The van der Waals surface area contributed by atoms with Gasteiger partial charge in [0.05, 0.1) is 5.56 Å². The molecule has 0 spiro atoms. The van der Waals surface area contributed by atoms with Gasteiger partial charge in [-0.1, -0.05) is 30.3 Å². The van der Waals surface area contributed by atoms with Crippen molar-refractivity contribution in [2.24, 2.45) is 0 Å². The molecule has 2 aromatic heterocycles. The van der Waals surface area contributed by atoms with E-state index in [0.29, 0.717) is 12.4 Å². The number of nitrogens with zero attached hydrogens (tertiary/aromatic N) is 3. The molecule has 0 aliphatic carbocycles. The van der Waals surface area contributed by atoms with Gasteiger partial charge in [-0.25, -0.2) is 9.97 Å². The van der Waals surface area contributed by atoms with Crippen LogP contribution in [0, 0.1) is 0 Å². The van der Waals surface area contributed by atoms with Crippen LogP contribution in [0.3, 0.4) is 0 Å². The third kappa shape index (κ3) is 3.49. The zero-order valence-electron chi connectivity index (χ0n) is 12.3. The Hall–Kier alpha value is -3.28. The minimum absolute atomic E-state index is 0.143. The molecular formula is C17H15N5O. The highest BCUT2D eigenvalue weighted by Crippen LogP contribution is 2.16. The molecule has 23 heavy (non-hydrogen) atoms.